The number of rotatable bonds is 7. The van der Waals surface area contributed by atoms with E-state index in [1.807, 2.05) is 35.9 Å². The normalized spacial score (nSPS) is 15.1. The first kappa shape index (κ1) is 23.9. The van der Waals surface area contributed by atoms with Crippen molar-refractivity contribution in [3.8, 4) is 28.2 Å². The lowest BCUT2D eigenvalue weighted by Crippen LogP contribution is -2.37. The van der Waals surface area contributed by atoms with Crippen molar-refractivity contribution in [3.63, 3.8) is 0 Å². The Balaban J connectivity index is 1.63. The summed E-state index contributed by atoms with van der Waals surface area (Å²) in [6.45, 7) is 10.9. The van der Waals surface area contributed by atoms with Crippen molar-refractivity contribution in [2.75, 3.05) is 31.5 Å². The number of aromatic nitrogens is 4. The van der Waals surface area contributed by atoms with Gasteiger partial charge in [-0.25, -0.2) is 9.07 Å². The summed E-state index contributed by atoms with van der Waals surface area (Å²) in [6.07, 6.45) is 0. The summed E-state index contributed by atoms with van der Waals surface area (Å²) in [5.74, 6) is 0.973. The van der Waals surface area contributed by atoms with Crippen LogP contribution in [0.2, 0.25) is 0 Å². The van der Waals surface area contributed by atoms with Gasteiger partial charge in [-0.2, -0.15) is 14.9 Å². The van der Waals surface area contributed by atoms with E-state index in [9.17, 15) is 9.18 Å². The molecule has 2 aromatic carbocycles. The van der Waals surface area contributed by atoms with Crippen molar-refractivity contribution in [2.24, 2.45) is 5.92 Å². The van der Waals surface area contributed by atoms with Crippen LogP contribution in [-0.2, 0) is 6.54 Å². The standard InChI is InChI=1S/C28H31FN6O/c1-4-33(5-2)17-20-16-30-28-26(27(32-34(28)18-20)21-10-12-22(29)13-11-21)23-14-15-25(36)35(31-23)24-9-7-6-8-19(24)3/h6-15,20,30H,4-5,16-18H2,1-3H3. The Kier molecular flexibility index (Phi) is 6.69. The third kappa shape index (κ3) is 4.56. The molecule has 1 N–H and O–H groups in total. The van der Waals surface area contributed by atoms with E-state index in [2.05, 4.69) is 24.1 Å². The van der Waals surface area contributed by atoms with E-state index >= 15 is 0 Å². The molecule has 1 atom stereocenters. The number of anilines is 1. The predicted molar refractivity (Wildman–Crippen MR) is 141 cm³/mol. The van der Waals surface area contributed by atoms with Crippen LogP contribution in [0.4, 0.5) is 10.2 Å². The summed E-state index contributed by atoms with van der Waals surface area (Å²) >= 11 is 0. The number of nitrogens with zero attached hydrogens (tertiary/aromatic N) is 5. The number of benzene rings is 2. The predicted octanol–water partition coefficient (Wildman–Crippen LogP) is 4.59. The van der Waals surface area contributed by atoms with E-state index in [1.54, 1.807) is 24.3 Å². The van der Waals surface area contributed by atoms with Crippen molar-refractivity contribution >= 4 is 5.82 Å². The number of para-hydroxylation sites is 1. The molecule has 4 aromatic rings. The molecule has 1 aliphatic heterocycles. The maximum atomic E-state index is 13.7. The zero-order valence-electron chi connectivity index (χ0n) is 20.9. The molecule has 1 aliphatic rings. The monoisotopic (exact) mass is 486 g/mol. The van der Waals surface area contributed by atoms with Gasteiger partial charge in [0, 0.05) is 37.2 Å². The zero-order valence-corrected chi connectivity index (χ0v) is 20.9. The number of aryl methyl sites for hydroxylation is 1. The maximum Gasteiger partial charge on any atom is 0.271 e. The highest BCUT2D eigenvalue weighted by molar-refractivity contribution is 5.87. The molecule has 8 heteroatoms. The minimum atomic E-state index is -0.298. The summed E-state index contributed by atoms with van der Waals surface area (Å²) in [6, 6.07) is 17.3. The molecule has 0 amide bonds. The first-order valence-corrected chi connectivity index (χ1v) is 12.5. The number of hydrogen-bond acceptors (Lipinski definition) is 5. The van der Waals surface area contributed by atoms with Crippen molar-refractivity contribution in [2.45, 2.75) is 27.3 Å². The minimum absolute atomic E-state index is 0.204. The van der Waals surface area contributed by atoms with Crippen molar-refractivity contribution < 1.29 is 4.39 Å². The number of halogens is 1. The Hall–Kier alpha value is -3.78. The van der Waals surface area contributed by atoms with E-state index < -0.39 is 0 Å². The first-order chi connectivity index (χ1) is 17.5. The molecule has 36 heavy (non-hydrogen) atoms. The van der Waals surface area contributed by atoms with Gasteiger partial charge in [0.2, 0.25) is 0 Å². The highest BCUT2D eigenvalue weighted by Gasteiger charge is 2.28. The fraction of sp³-hybridized carbons (Fsp3) is 0.321. The van der Waals surface area contributed by atoms with Gasteiger partial charge in [-0.15, -0.1) is 0 Å². The molecule has 0 aliphatic carbocycles. The van der Waals surface area contributed by atoms with E-state index in [4.69, 9.17) is 10.2 Å². The molecule has 186 valence electrons. The van der Waals surface area contributed by atoms with Crippen molar-refractivity contribution in [1.29, 1.82) is 0 Å². The van der Waals surface area contributed by atoms with Gasteiger partial charge in [0.15, 0.2) is 0 Å². The van der Waals surface area contributed by atoms with Crippen molar-refractivity contribution in [3.05, 3.63) is 82.4 Å². The van der Waals surface area contributed by atoms with Gasteiger partial charge in [0.1, 0.15) is 17.3 Å². The van der Waals surface area contributed by atoms with Crippen LogP contribution in [0.25, 0.3) is 28.2 Å². The fourth-order valence-electron chi connectivity index (χ4n) is 4.86. The average molecular weight is 487 g/mol. The molecule has 0 saturated heterocycles. The van der Waals surface area contributed by atoms with Crippen LogP contribution in [0.5, 0.6) is 0 Å². The van der Waals surface area contributed by atoms with Gasteiger partial charge in [-0.3, -0.25) is 4.79 Å². The summed E-state index contributed by atoms with van der Waals surface area (Å²) in [5, 5.41) is 13.3. The Labute approximate surface area is 210 Å². The van der Waals surface area contributed by atoms with Gasteiger partial charge in [0.25, 0.3) is 5.56 Å². The molecule has 1 unspecified atom stereocenters. The molecule has 3 heterocycles. The molecular formula is C28H31FN6O. The molecule has 5 rings (SSSR count). The van der Waals surface area contributed by atoms with Crippen LogP contribution in [0.1, 0.15) is 19.4 Å². The van der Waals surface area contributed by atoms with Crippen LogP contribution in [-0.4, -0.2) is 50.6 Å². The summed E-state index contributed by atoms with van der Waals surface area (Å²) in [5.41, 5.74) is 4.44. The van der Waals surface area contributed by atoms with Gasteiger partial charge in [0.05, 0.1) is 16.9 Å². The summed E-state index contributed by atoms with van der Waals surface area (Å²) < 4.78 is 17.2. The van der Waals surface area contributed by atoms with Crippen LogP contribution in [0.3, 0.4) is 0 Å². The topological polar surface area (TPSA) is 68.0 Å². The van der Waals surface area contributed by atoms with E-state index in [0.717, 1.165) is 60.9 Å². The maximum absolute atomic E-state index is 13.7. The van der Waals surface area contributed by atoms with Crippen LogP contribution in [0.15, 0.2) is 65.5 Å². The van der Waals surface area contributed by atoms with Crippen LogP contribution >= 0.6 is 0 Å². The molecule has 0 spiro atoms. The van der Waals surface area contributed by atoms with E-state index in [-0.39, 0.29) is 11.4 Å². The van der Waals surface area contributed by atoms with Gasteiger partial charge in [-0.1, -0.05) is 32.0 Å². The summed E-state index contributed by atoms with van der Waals surface area (Å²) in [7, 11) is 0. The third-order valence-corrected chi connectivity index (χ3v) is 6.87. The van der Waals surface area contributed by atoms with Gasteiger partial charge < -0.3 is 10.2 Å². The van der Waals surface area contributed by atoms with E-state index in [0.29, 0.717) is 17.3 Å². The number of nitrogens with one attached hydrogen (secondary N) is 1. The summed E-state index contributed by atoms with van der Waals surface area (Å²) in [4.78, 5) is 15.2. The fourth-order valence-corrected chi connectivity index (χ4v) is 4.86. The molecular weight excluding hydrogens is 455 g/mol. The lowest BCUT2D eigenvalue weighted by atomic mass is 10.0. The molecule has 0 saturated carbocycles. The van der Waals surface area contributed by atoms with Gasteiger partial charge in [-0.05, 0) is 62.0 Å². The molecule has 0 fully saturated rings. The molecule has 0 radical (unpaired) electrons. The second-order valence-corrected chi connectivity index (χ2v) is 9.25. The minimum Gasteiger partial charge on any atom is -0.369 e. The lowest BCUT2D eigenvalue weighted by molar-refractivity contribution is 0.235. The lowest BCUT2D eigenvalue weighted by Gasteiger charge is -2.30. The first-order valence-electron chi connectivity index (χ1n) is 12.5. The second kappa shape index (κ2) is 10.1. The smallest absolute Gasteiger partial charge is 0.271 e. The Bertz CT molecular complexity index is 1420. The average Bonchev–Trinajstić information content (AvgIpc) is 3.27. The Morgan fingerprint density at radius 3 is 2.50 bits per heavy atom. The van der Waals surface area contributed by atoms with Crippen LogP contribution in [0, 0.1) is 18.7 Å². The quantitative estimate of drug-likeness (QED) is 0.414. The largest absolute Gasteiger partial charge is 0.369 e. The SMILES string of the molecule is CCN(CC)CC1CNc2c(-c3ccc(=O)n(-c4ccccc4C)n3)c(-c3ccc(F)cc3)nn2C1. The Morgan fingerprint density at radius 1 is 1.03 bits per heavy atom. The second-order valence-electron chi connectivity index (χ2n) is 9.25. The Morgan fingerprint density at radius 2 is 1.78 bits per heavy atom. The molecule has 0 bridgehead atoms. The highest BCUT2D eigenvalue weighted by Crippen LogP contribution is 2.38. The van der Waals surface area contributed by atoms with Crippen molar-refractivity contribution in [1.82, 2.24) is 24.5 Å². The zero-order chi connectivity index (χ0) is 25.2. The van der Waals surface area contributed by atoms with Gasteiger partial charge >= 0.3 is 0 Å². The van der Waals surface area contributed by atoms with Crippen LogP contribution < -0.4 is 10.9 Å². The van der Waals surface area contributed by atoms with E-state index in [1.165, 1.54) is 16.8 Å². The third-order valence-electron chi connectivity index (χ3n) is 6.87. The highest BCUT2D eigenvalue weighted by atomic mass is 19.1. The number of hydrogen-bond donors (Lipinski definition) is 1. The molecule has 7 nitrogen and oxygen atoms in total. The number of fused-ring (bicyclic) bond motifs is 1. The molecule has 2 aromatic heterocycles.